The molecule has 0 N–H and O–H groups in total. The van der Waals surface area contributed by atoms with Gasteiger partial charge in [-0.05, 0) is 37.6 Å². The van der Waals surface area contributed by atoms with E-state index in [2.05, 4.69) is 38.1 Å². The topological polar surface area (TPSA) is 22.1 Å². The third-order valence-corrected chi connectivity index (χ3v) is 3.68. The van der Waals surface area contributed by atoms with Crippen LogP contribution in [0.3, 0.4) is 0 Å². The zero-order valence-corrected chi connectivity index (χ0v) is 14.0. The number of pyridine rings is 1. The molecular formula is C20H23NO. The van der Waals surface area contributed by atoms with E-state index in [1.165, 1.54) is 10.9 Å². The van der Waals surface area contributed by atoms with E-state index < -0.39 is 0 Å². The second-order valence-electron chi connectivity index (χ2n) is 4.98. The maximum Gasteiger partial charge on any atom is 0.123 e. The molecule has 0 aliphatic heterocycles. The monoisotopic (exact) mass is 293 g/mol. The van der Waals surface area contributed by atoms with Crippen LogP contribution in [0, 0.1) is 13.8 Å². The summed E-state index contributed by atoms with van der Waals surface area (Å²) in [6.45, 7) is 8.19. The Balaban J connectivity index is 0.000000847. The Kier molecular flexibility index (Phi) is 5.16. The first kappa shape index (κ1) is 16.0. The molecule has 0 aliphatic carbocycles. The molecule has 0 spiro atoms. The van der Waals surface area contributed by atoms with Crippen molar-refractivity contribution in [1.29, 1.82) is 0 Å². The zero-order chi connectivity index (χ0) is 16.1. The van der Waals surface area contributed by atoms with E-state index in [0.717, 1.165) is 28.1 Å². The summed E-state index contributed by atoms with van der Waals surface area (Å²) in [6, 6.07) is 16.5. The smallest absolute Gasteiger partial charge is 0.123 e. The van der Waals surface area contributed by atoms with Crippen molar-refractivity contribution in [2.75, 3.05) is 7.11 Å². The summed E-state index contributed by atoms with van der Waals surface area (Å²) in [5.41, 5.74) is 5.49. The highest BCUT2D eigenvalue weighted by Crippen LogP contribution is 2.30. The summed E-state index contributed by atoms with van der Waals surface area (Å²) in [7, 11) is 1.70. The normalized spacial score (nSPS) is 10.0. The van der Waals surface area contributed by atoms with E-state index in [9.17, 15) is 0 Å². The second kappa shape index (κ2) is 7.08. The Morgan fingerprint density at radius 3 is 2.23 bits per heavy atom. The van der Waals surface area contributed by atoms with Crippen molar-refractivity contribution in [3.63, 3.8) is 0 Å². The van der Waals surface area contributed by atoms with E-state index in [0.29, 0.717) is 0 Å². The Bertz CT molecular complexity index is 764. The van der Waals surface area contributed by atoms with E-state index in [4.69, 9.17) is 9.72 Å². The van der Waals surface area contributed by atoms with Gasteiger partial charge in [-0.2, -0.15) is 0 Å². The van der Waals surface area contributed by atoms with Crippen LogP contribution in [0.5, 0.6) is 5.75 Å². The van der Waals surface area contributed by atoms with Gasteiger partial charge in [0.05, 0.1) is 18.3 Å². The lowest BCUT2D eigenvalue weighted by atomic mass is 10.0. The minimum absolute atomic E-state index is 0.884. The van der Waals surface area contributed by atoms with Crippen LogP contribution in [-0.4, -0.2) is 12.1 Å². The van der Waals surface area contributed by atoms with E-state index >= 15 is 0 Å². The summed E-state index contributed by atoms with van der Waals surface area (Å²) < 4.78 is 5.40. The number of aryl methyl sites for hydroxylation is 2. The molecule has 0 atom stereocenters. The van der Waals surface area contributed by atoms with Gasteiger partial charge in [0.2, 0.25) is 0 Å². The number of nitrogens with zero attached hydrogens (tertiary/aromatic N) is 1. The molecule has 0 bridgehead atoms. The van der Waals surface area contributed by atoms with Crippen molar-refractivity contribution >= 4 is 10.9 Å². The first-order valence-corrected chi connectivity index (χ1v) is 7.71. The van der Waals surface area contributed by atoms with Crippen LogP contribution >= 0.6 is 0 Å². The molecule has 0 unspecified atom stereocenters. The minimum atomic E-state index is 0.884. The number of hydrogen-bond acceptors (Lipinski definition) is 2. The average molecular weight is 293 g/mol. The van der Waals surface area contributed by atoms with Crippen LogP contribution in [0.2, 0.25) is 0 Å². The summed E-state index contributed by atoms with van der Waals surface area (Å²) in [5.74, 6) is 0.884. The predicted octanol–water partition coefficient (Wildman–Crippen LogP) is 5.55. The SMILES string of the molecule is CC.COc1ccc2c(C)cc(-c3ccccc3)nc2c1C. The van der Waals surface area contributed by atoms with Gasteiger partial charge in [-0.25, -0.2) is 4.98 Å². The van der Waals surface area contributed by atoms with Crippen molar-refractivity contribution in [1.82, 2.24) is 4.98 Å². The largest absolute Gasteiger partial charge is 0.496 e. The van der Waals surface area contributed by atoms with E-state index in [1.807, 2.05) is 38.1 Å². The standard InChI is InChI=1S/C18H17NO.C2H6/c1-12-11-16(14-7-5-4-6-8-14)19-18-13(2)17(20-3)10-9-15(12)18;1-2/h4-11H,1-3H3;1-2H3. The van der Waals surface area contributed by atoms with Crippen LogP contribution in [0.4, 0.5) is 0 Å². The minimum Gasteiger partial charge on any atom is -0.496 e. The highest BCUT2D eigenvalue weighted by atomic mass is 16.5. The molecule has 0 saturated carbocycles. The molecule has 0 fully saturated rings. The Hall–Kier alpha value is -2.35. The van der Waals surface area contributed by atoms with E-state index in [-0.39, 0.29) is 0 Å². The lowest BCUT2D eigenvalue weighted by Crippen LogP contribution is -1.94. The summed E-state index contributed by atoms with van der Waals surface area (Å²) >= 11 is 0. The van der Waals surface area contributed by atoms with Gasteiger partial charge in [-0.15, -0.1) is 0 Å². The first-order valence-electron chi connectivity index (χ1n) is 7.71. The summed E-state index contributed by atoms with van der Waals surface area (Å²) in [5, 5.41) is 1.18. The number of benzene rings is 2. The van der Waals surface area contributed by atoms with Gasteiger partial charge < -0.3 is 4.74 Å². The molecule has 3 aromatic rings. The maximum absolute atomic E-state index is 5.40. The predicted molar refractivity (Wildman–Crippen MR) is 94.6 cm³/mol. The third-order valence-electron chi connectivity index (χ3n) is 3.68. The van der Waals surface area contributed by atoms with Gasteiger partial charge in [0.1, 0.15) is 5.75 Å². The molecule has 114 valence electrons. The third kappa shape index (κ3) is 2.96. The van der Waals surface area contributed by atoms with Crippen LogP contribution in [0.25, 0.3) is 22.2 Å². The highest BCUT2D eigenvalue weighted by Gasteiger charge is 2.09. The van der Waals surface area contributed by atoms with Gasteiger partial charge in [-0.3, -0.25) is 0 Å². The fourth-order valence-corrected chi connectivity index (χ4v) is 2.56. The van der Waals surface area contributed by atoms with Crippen LogP contribution < -0.4 is 4.74 Å². The number of rotatable bonds is 2. The molecule has 0 saturated heterocycles. The molecular weight excluding hydrogens is 270 g/mol. The quantitative estimate of drug-likeness (QED) is 0.617. The molecule has 0 amide bonds. The zero-order valence-electron chi connectivity index (χ0n) is 14.0. The maximum atomic E-state index is 5.40. The Morgan fingerprint density at radius 1 is 0.909 bits per heavy atom. The number of ether oxygens (including phenoxy) is 1. The molecule has 3 rings (SSSR count). The lowest BCUT2D eigenvalue weighted by Gasteiger charge is -2.11. The second-order valence-corrected chi connectivity index (χ2v) is 4.98. The Labute approximate surface area is 132 Å². The molecule has 22 heavy (non-hydrogen) atoms. The van der Waals surface area contributed by atoms with E-state index in [1.54, 1.807) is 7.11 Å². The number of methoxy groups -OCH3 is 1. The number of aromatic nitrogens is 1. The van der Waals surface area contributed by atoms with Crippen molar-refractivity contribution in [3.05, 3.63) is 59.7 Å². The van der Waals surface area contributed by atoms with Gasteiger partial charge in [0.15, 0.2) is 0 Å². The fourth-order valence-electron chi connectivity index (χ4n) is 2.56. The molecule has 2 nitrogen and oxygen atoms in total. The van der Waals surface area contributed by atoms with Crippen molar-refractivity contribution in [3.8, 4) is 17.0 Å². The molecule has 2 aromatic carbocycles. The molecule has 0 radical (unpaired) electrons. The average Bonchev–Trinajstić information content (AvgIpc) is 2.58. The molecule has 1 heterocycles. The van der Waals surface area contributed by atoms with Crippen molar-refractivity contribution < 1.29 is 4.74 Å². The summed E-state index contributed by atoms with van der Waals surface area (Å²) in [4.78, 5) is 4.83. The number of hydrogen-bond donors (Lipinski definition) is 0. The molecule has 0 aliphatic rings. The van der Waals surface area contributed by atoms with Gasteiger partial charge >= 0.3 is 0 Å². The highest BCUT2D eigenvalue weighted by molar-refractivity contribution is 5.89. The van der Waals surface area contributed by atoms with Crippen molar-refractivity contribution in [2.45, 2.75) is 27.7 Å². The van der Waals surface area contributed by atoms with Crippen LogP contribution in [-0.2, 0) is 0 Å². The van der Waals surface area contributed by atoms with Crippen molar-refractivity contribution in [2.24, 2.45) is 0 Å². The van der Waals surface area contributed by atoms with Crippen LogP contribution in [0.1, 0.15) is 25.0 Å². The molecule has 1 aromatic heterocycles. The van der Waals surface area contributed by atoms with Gasteiger partial charge in [0, 0.05) is 16.5 Å². The lowest BCUT2D eigenvalue weighted by molar-refractivity contribution is 0.412. The fraction of sp³-hybridized carbons (Fsp3) is 0.250. The first-order chi connectivity index (χ1) is 10.7. The van der Waals surface area contributed by atoms with Gasteiger partial charge in [-0.1, -0.05) is 44.2 Å². The summed E-state index contributed by atoms with van der Waals surface area (Å²) in [6.07, 6.45) is 0. The molecule has 2 heteroatoms. The van der Waals surface area contributed by atoms with Crippen LogP contribution in [0.15, 0.2) is 48.5 Å². The number of fused-ring (bicyclic) bond motifs is 1. The Morgan fingerprint density at radius 2 is 1.59 bits per heavy atom. The van der Waals surface area contributed by atoms with Gasteiger partial charge in [0.25, 0.3) is 0 Å².